The molecule has 5 atom stereocenters. The van der Waals surface area contributed by atoms with Gasteiger partial charge in [-0.15, -0.1) is 0 Å². The highest BCUT2D eigenvalue weighted by Crippen LogP contribution is 2.55. The Bertz CT molecular complexity index is 1260. The van der Waals surface area contributed by atoms with Crippen LogP contribution in [0.25, 0.3) is 0 Å². The lowest BCUT2D eigenvalue weighted by molar-refractivity contribution is -0.0554. The second-order valence-corrected chi connectivity index (χ2v) is 11.8. The Morgan fingerprint density at radius 2 is 1.66 bits per heavy atom. The highest BCUT2D eigenvalue weighted by atomic mass is 31.2. The van der Waals surface area contributed by atoms with Crippen molar-refractivity contribution in [2.45, 2.75) is 37.0 Å². The molecule has 1 aliphatic heterocycles. The van der Waals surface area contributed by atoms with Gasteiger partial charge in [0.05, 0.1) is 13.2 Å². The zero-order valence-electron chi connectivity index (χ0n) is 17.7. The number of halogens is 2. The molecule has 1 aliphatic rings. The van der Waals surface area contributed by atoms with E-state index in [0.717, 1.165) is 24.4 Å². The van der Waals surface area contributed by atoms with Crippen LogP contribution in [-0.4, -0.2) is 64.8 Å². The van der Waals surface area contributed by atoms with E-state index in [1.165, 1.54) is 18.2 Å². The van der Waals surface area contributed by atoms with Crippen LogP contribution in [0, 0.1) is 0 Å². The van der Waals surface area contributed by atoms with Gasteiger partial charge >= 0.3 is 20.9 Å². The molecule has 2 heterocycles. The van der Waals surface area contributed by atoms with E-state index in [1.807, 2.05) is 0 Å². The largest absolute Gasteiger partial charge is 0.387 e. The summed E-state index contributed by atoms with van der Waals surface area (Å²) in [7, 11) is -9.74. The number of nitrogens with zero attached hydrogens (tertiary/aromatic N) is 2. The molecule has 0 radical (unpaired) electrons. The fourth-order valence-corrected chi connectivity index (χ4v) is 5.97. The summed E-state index contributed by atoms with van der Waals surface area (Å²) in [5, 5.41) is 20.5. The molecule has 13 nitrogen and oxygen atoms in total. The molecule has 0 amide bonds. The highest BCUT2D eigenvalue weighted by Gasteiger charge is 2.46. The molecule has 2 aromatic rings. The number of aromatic nitrogens is 2. The van der Waals surface area contributed by atoms with Crippen molar-refractivity contribution in [3.63, 3.8) is 0 Å². The third-order valence-corrected chi connectivity index (χ3v) is 8.52. The summed E-state index contributed by atoms with van der Waals surface area (Å²) in [6.45, 7) is -2.24. The van der Waals surface area contributed by atoms with E-state index in [0.29, 0.717) is 4.57 Å². The third kappa shape index (κ3) is 6.58. The lowest BCUT2D eigenvalue weighted by Gasteiger charge is -2.21. The average Bonchev–Trinajstić information content (AvgIpc) is 3.03. The molecule has 194 valence electrons. The molecule has 1 fully saturated rings. The van der Waals surface area contributed by atoms with Gasteiger partial charge in [-0.05, 0) is 0 Å². The minimum absolute atomic E-state index is 0.223. The number of alkyl halides is 2. The average molecular weight is 542 g/mol. The summed E-state index contributed by atoms with van der Waals surface area (Å²) < 4.78 is 62.8. The number of benzene rings is 1. The smallest absolute Gasteiger partial charge is 0.340 e. The lowest BCUT2D eigenvalue weighted by Crippen LogP contribution is -2.45. The molecular formula is C18H22F2N2O11P2. The van der Waals surface area contributed by atoms with E-state index in [9.17, 15) is 42.6 Å². The molecule has 1 saturated heterocycles. The number of hydrogen-bond acceptors (Lipinski definition) is 8. The SMILES string of the molecule is O=c1ccn([C@@H]2O[C@H](COP(=O)(O)CP(=O)(O)O)[C@H](O)C2O)c(=O)n1CC(F)(F)c1ccccc1. The van der Waals surface area contributed by atoms with Crippen LogP contribution in [0.2, 0.25) is 0 Å². The summed E-state index contributed by atoms with van der Waals surface area (Å²) in [4.78, 5) is 52.2. The van der Waals surface area contributed by atoms with Gasteiger partial charge < -0.3 is 34.2 Å². The van der Waals surface area contributed by atoms with Gasteiger partial charge in [-0.25, -0.2) is 4.79 Å². The predicted molar refractivity (Wildman–Crippen MR) is 114 cm³/mol. The Labute approximate surface area is 195 Å². The minimum atomic E-state index is -4.92. The molecule has 1 aromatic carbocycles. The van der Waals surface area contributed by atoms with E-state index < -0.39 is 81.5 Å². The molecular weight excluding hydrogens is 520 g/mol. The van der Waals surface area contributed by atoms with Gasteiger partial charge in [-0.1, -0.05) is 30.3 Å². The Morgan fingerprint density at radius 1 is 1.03 bits per heavy atom. The van der Waals surface area contributed by atoms with Crippen LogP contribution >= 0.6 is 15.2 Å². The molecule has 2 unspecified atom stereocenters. The van der Waals surface area contributed by atoms with Crippen LogP contribution in [0.4, 0.5) is 8.78 Å². The Balaban J connectivity index is 1.82. The standard InChI is InChI=1S/C18H22F2N2O11P2/c19-18(20,11-4-2-1-3-5-11)9-22-13(23)6-7-21(17(22)26)16-15(25)14(24)12(33-16)8-32-35(30,31)10-34(27,28)29/h1-7,12,14-16,24-25H,8-10H2,(H,30,31)(H2,27,28,29)/t12-,14+,15?,16-/m1/s1. The number of aliphatic hydroxyl groups excluding tert-OH is 2. The zero-order valence-corrected chi connectivity index (χ0v) is 19.5. The van der Waals surface area contributed by atoms with Crippen LogP contribution in [0.3, 0.4) is 0 Å². The Hall–Kier alpha value is -2.06. The fourth-order valence-electron chi connectivity index (χ4n) is 3.40. The maximum Gasteiger partial charge on any atom is 0.340 e. The van der Waals surface area contributed by atoms with Crippen molar-refractivity contribution in [2.75, 3.05) is 12.5 Å². The van der Waals surface area contributed by atoms with Gasteiger partial charge in [-0.3, -0.25) is 23.1 Å². The van der Waals surface area contributed by atoms with Crippen LogP contribution < -0.4 is 11.2 Å². The molecule has 0 saturated carbocycles. The monoisotopic (exact) mass is 542 g/mol. The molecule has 35 heavy (non-hydrogen) atoms. The topological polar surface area (TPSA) is 198 Å². The van der Waals surface area contributed by atoms with E-state index in [2.05, 4.69) is 4.52 Å². The van der Waals surface area contributed by atoms with Crippen molar-refractivity contribution in [3.8, 4) is 0 Å². The summed E-state index contributed by atoms with van der Waals surface area (Å²) in [6.07, 6.45) is -6.07. The van der Waals surface area contributed by atoms with Gasteiger partial charge in [0.25, 0.3) is 11.5 Å². The molecule has 5 N–H and O–H groups in total. The van der Waals surface area contributed by atoms with Gasteiger partial charge in [0.15, 0.2) is 12.1 Å². The van der Waals surface area contributed by atoms with Crippen molar-refractivity contribution < 1.29 is 52.1 Å². The summed E-state index contributed by atoms with van der Waals surface area (Å²) >= 11 is 0. The summed E-state index contributed by atoms with van der Waals surface area (Å²) in [5.74, 6) is -5.12. The van der Waals surface area contributed by atoms with Gasteiger partial charge in [0.2, 0.25) is 0 Å². The Morgan fingerprint density at radius 3 is 2.26 bits per heavy atom. The number of aliphatic hydroxyl groups is 2. The van der Waals surface area contributed by atoms with E-state index in [-0.39, 0.29) is 4.57 Å². The first-order chi connectivity index (χ1) is 16.1. The molecule has 3 rings (SSSR count). The maximum absolute atomic E-state index is 14.7. The van der Waals surface area contributed by atoms with Crippen LogP contribution in [0.5, 0.6) is 0 Å². The summed E-state index contributed by atoms with van der Waals surface area (Å²) in [6, 6.07) is 7.22. The molecule has 17 heteroatoms. The minimum Gasteiger partial charge on any atom is -0.387 e. The second kappa shape index (κ2) is 10.1. The van der Waals surface area contributed by atoms with Gasteiger partial charge in [-0.2, -0.15) is 8.78 Å². The van der Waals surface area contributed by atoms with E-state index >= 15 is 0 Å². The Kier molecular flexibility index (Phi) is 7.97. The highest BCUT2D eigenvalue weighted by molar-refractivity contribution is 7.70. The summed E-state index contributed by atoms with van der Waals surface area (Å²) in [5.41, 5.74) is -2.80. The van der Waals surface area contributed by atoms with Crippen LogP contribution in [0.15, 0.2) is 52.2 Å². The van der Waals surface area contributed by atoms with Crippen molar-refractivity contribution in [2.24, 2.45) is 0 Å². The quantitative estimate of drug-likeness (QED) is 0.262. The first-order valence-corrected chi connectivity index (χ1v) is 13.5. The fraction of sp³-hybridized carbons (Fsp3) is 0.444. The first-order valence-electron chi connectivity index (χ1n) is 9.89. The maximum atomic E-state index is 14.7. The van der Waals surface area contributed by atoms with Crippen molar-refractivity contribution in [1.29, 1.82) is 0 Å². The number of rotatable bonds is 9. The van der Waals surface area contributed by atoms with Crippen LogP contribution in [0.1, 0.15) is 11.8 Å². The normalized spacial score (nSPS) is 24.9. The van der Waals surface area contributed by atoms with Gasteiger partial charge in [0, 0.05) is 17.8 Å². The predicted octanol–water partition coefficient (Wildman–Crippen LogP) is -0.242. The third-order valence-electron chi connectivity index (χ3n) is 5.06. The van der Waals surface area contributed by atoms with E-state index in [1.54, 1.807) is 0 Å². The van der Waals surface area contributed by atoms with Crippen molar-refractivity contribution in [1.82, 2.24) is 9.13 Å². The molecule has 0 bridgehead atoms. The molecule has 0 aliphatic carbocycles. The van der Waals surface area contributed by atoms with Crippen LogP contribution in [-0.2, 0) is 30.9 Å². The lowest BCUT2D eigenvalue weighted by atomic mass is 10.1. The second-order valence-electron chi connectivity index (χ2n) is 7.79. The van der Waals surface area contributed by atoms with Gasteiger partial charge in [0.1, 0.15) is 18.3 Å². The van der Waals surface area contributed by atoms with Crippen molar-refractivity contribution >= 4 is 15.2 Å². The van der Waals surface area contributed by atoms with E-state index in [4.69, 9.17) is 14.5 Å². The van der Waals surface area contributed by atoms with Crippen molar-refractivity contribution in [3.05, 3.63) is 69.0 Å². The number of ether oxygens (including phenoxy) is 1. The number of hydrogen-bond donors (Lipinski definition) is 5. The first kappa shape index (κ1) is 27.5. The zero-order chi connectivity index (χ0) is 26.2. The molecule has 0 spiro atoms. The molecule has 1 aromatic heterocycles.